The van der Waals surface area contributed by atoms with Crippen LogP contribution in [-0.4, -0.2) is 18.5 Å². The number of benzene rings is 1. The molecule has 0 aliphatic rings. The van der Waals surface area contributed by atoms with Gasteiger partial charge < -0.3 is 6.42 Å². The Hall–Kier alpha value is -0.0497. The van der Waals surface area contributed by atoms with Gasteiger partial charge in [0, 0.05) is 0 Å². The average molecular weight is 416 g/mol. The molecule has 92 valence electrons. The van der Waals surface area contributed by atoms with Crippen LogP contribution < -0.4 is 0 Å². The molecule has 0 aromatic heterocycles. The van der Waals surface area contributed by atoms with Crippen molar-refractivity contribution in [1.82, 2.24) is 0 Å². The Kier molecular flexibility index (Phi) is 14.9. The first kappa shape index (κ1) is 18.3. The van der Waals surface area contributed by atoms with Gasteiger partial charge in [0.05, 0.1) is 0 Å². The zero-order chi connectivity index (χ0) is 11.5. The maximum atomic E-state index is 6.69. The molecule has 0 nitrogen and oxygen atoms in total. The summed E-state index contributed by atoms with van der Waals surface area (Å²) in [5.74, 6) is 2.28. The largest absolute Gasteiger partial charge is 1.00 e. The summed E-state index contributed by atoms with van der Waals surface area (Å²) in [5, 5.41) is 0. The van der Waals surface area contributed by atoms with E-state index in [1.807, 2.05) is 30.3 Å². The fourth-order valence-corrected chi connectivity index (χ4v) is 2.53. The zero-order valence-corrected chi connectivity index (χ0v) is 13.3. The molecular formula is C14H20AuP. The third-order valence-electron chi connectivity index (χ3n) is 2.26. The molecule has 16 heavy (non-hydrogen) atoms. The predicted molar refractivity (Wildman–Crippen MR) is 71.2 cm³/mol. The van der Waals surface area contributed by atoms with Crippen molar-refractivity contribution in [2.45, 2.75) is 20.8 Å². The third kappa shape index (κ3) is 9.20. The Morgan fingerprint density at radius 1 is 1.00 bits per heavy atom. The maximum Gasteiger partial charge on any atom is 1.00 e. The van der Waals surface area contributed by atoms with Crippen LogP contribution in [0.1, 0.15) is 26.3 Å². The molecule has 0 N–H and O–H groups in total. The summed E-state index contributed by atoms with van der Waals surface area (Å²) in [6.07, 6.45) is 11.0. The van der Waals surface area contributed by atoms with E-state index in [9.17, 15) is 0 Å². The fraction of sp³-hybridized carbons (Fsp3) is 0.429. The predicted octanol–water partition coefficient (Wildman–Crippen LogP) is 4.15. The molecule has 0 atom stereocenters. The van der Waals surface area contributed by atoms with Gasteiger partial charge in [-0.05, 0) is 18.5 Å². The topological polar surface area (TPSA) is 0 Å². The molecule has 1 aromatic rings. The summed E-state index contributed by atoms with van der Waals surface area (Å²) in [5.41, 5.74) is 0.826. The summed E-state index contributed by atoms with van der Waals surface area (Å²) in [4.78, 5) is 0. The van der Waals surface area contributed by atoms with Gasteiger partial charge in [-0.25, -0.2) is 0 Å². The fourth-order valence-electron chi connectivity index (χ4n) is 1.19. The normalized spacial score (nSPS) is 8.44. The molecule has 0 saturated carbocycles. The van der Waals surface area contributed by atoms with Crippen molar-refractivity contribution in [3.05, 3.63) is 42.3 Å². The summed E-state index contributed by atoms with van der Waals surface area (Å²) in [7, 11) is 0.446. The van der Waals surface area contributed by atoms with Crippen LogP contribution in [0.4, 0.5) is 0 Å². The van der Waals surface area contributed by atoms with Crippen LogP contribution in [0.2, 0.25) is 0 Å². The Bertz CT molecular complexity index is 267. The molecule has 0 unspecified atom stereocenters. The minimum atomic E-state index is 0. The molecule has 1 rings (SSSR count). The van der Waals surface area contributed by atoms with Crippen LogP contribution in [0.3, 0.4) is 0 Å². The molecule has 2 heteroatoms. The molecule has 0 aliphatic heterocycles. The van der Waals surface area contributed by atoms with E-state index >= 15 is 0 Å². The van der Waals surface area contributed by atoms with E-state index in [1.54, 1.807) is 0 Å². The quantitative estimate of drug-likeness (QED) is 0.301. The molecule has 0 spiro atoms. The molecule has 0 heterocycles. The van der Waals surface area contributed by atoms with Crippen LogP contribution in [-0.2, 0) is 22.4 Å². The SMILES string of the molecule is CCP(CC)CC.[Au+].[C-]#Cc1ccccc1. The van der Waals surface area contributed by atoms with Crippen molar-refractivity contribution >= 4 is 7.92 Å². The maximum absolute atomic E-state index is 6.69. The zero-order valence-electron chi connectivity index (χ0n) is 10.3. The summed E-state index contributed by atoms with van der Waals surface area (Å²) in [6, 6.07) is 9.37. The van der Waals surface area contributed by atoms with Gasteiger partial charge in [0.25, 0.3) is 0 Å². The molecule has 1 aromatic carbocycles. The van der Waals surface area contributed by atoms with Gasteiger partial charge in [-0.15, -0.1) is 25.6 Å². The Morgan fingerprint density at radius 3 is 1.62 bits per heavy atom. The summed E-state index contributed by atoms with van der Waals surface area (Å²) < 4.78 is 0. The van der Waals surface area contributed by atoms with Crippen LogP contribution in [0.25, 0.3) is 0 Å². The minimum Gasteiger partial charge on any atom is -0.366 e. The standard InChI is InChI=1S/C8H5.C6H15P.Au/c1-2-8-6-4-3-5-7-8;1-4-7(5-2)6-3;/h3-7H;4-6H2,1-3H3;/q-1;;+1. The molecule has 0 fully saturated rings. The number of hydrogen-bond acceptors (Lipinski definition) is 0. The van der Waals surface area contributed by atoms with Crippen LogP contribution >= 0.6 is 7.92 Å². The number of rotatable bonds is 3. The Morgan fingerprint density at radius 2 is 1.44 bits per heavy atom. The smallest absolute Gasteiger partial charge is 0.366 e. The van der Waals surface area contributed by atoms with Crippen LogP contribution in [0.15, 0.2) is 30.3 Å². The van der Waals surface area contributed by atoms with Gasteiger partial charge in [-0.2, -0.15) is 0 Å². The summed E-state index contributed by atoms with van der Waals surface area (Å²) in [6.45, 7) is 6.87. The Labute approximate surface area is 117 Å². The third-order valence-corrected chi connectivity index (χ3v) is 4.94. The molecule has 0 radical (unpaired) electrons. The van der Waals surface area contributed by atoms with Gasteiger partial charge in [-0.1, -0.05) is 39.0 Å². The Balaban J connectivity index is 0. The second-order valence-electron chi connectivity index (χ2n) is 3.11. The van der Waals surface area contributed by atoms with Gasteiger partial charge in [0.15, 0.2) is 0 Å². The average Bonchev–Trinajstić information content (AvgIpc) is 2.33. The van der Waals surface area contributed by atoms with Crippen molar-refractivity contribution in [3.8, 4) is 5.92 Å². The van der Waals surface area contributed by atoms with E-state index in [-0.39, 0.29) is 22.4 Å². The second-order valence-corrected chi connectivity index (χ2v) is 6.35. The second kappa shape index (κ2) is 13.0. The van der Waals surface area contributed by atoms with Gasteiger partial charge in [0.2, 0.25) is 0 Å². The monoisotopic (exact) mass is 416 g/mol. The van der Waals surface area contributed by atoms with Crippen molar-refractivity contribution in [1.29, 1.82) is 0 Å². The molecule has 0 amide bonds. The van der Waals surface area contributed by atoms with E-state index in [2.05, 4.69) is 26.7 Å². The summed E-state index contributed by atoms with van der Waals surface area (Å²) >= 11 is 0. The van der Waals surface area contributed by atoms with Gasteiger partial charge in [0.1, 0.15) is 0 Å². The number of hydrogen-bond donors (Lipinski definition) is 0. The van der Waals surface area contributed by atoms with Crippen molar-refractivity contribution in [2.75, 3.05) is 18.5 Å². The van der Waals surface area contributed by atoms with E-state index in [0.717, 1.165) is 5.56 Å². The van der Waals surface area contributed by atoms with Crippen LogP contribution in [0.5, 0.6) is 0 Å². The molecule has 0 bridgehead atoms. The first-order chi connectivity index (χ1) is 7.28. The molecule has 0 saturated heterocycles. The minimum absolute atomic E-state index is 0. The first-order valence-electron chi connectivity index (χ1n) is 5.48. The van der Waals surface area contributed by atoms with E-state index in [0.29, 0.717) is 7.92 Å². The molecular weight excluding hydrogens is 396 g/mol. The first-order valence-corrected chi connectivity index (χ1v) is 7.38. The van der Waals surface area contributed by atoms with Gasteiger partial charge in [-0.3, -0.25) is 5.92 Å². The van der Waals surface area contributed by atoms with E-state index in [4.69, 9.17) is 6.42 Å². The van der Waals surface area contributed by atoms with E-state index < -0.39 is 0 Å². The van der Waals surface area contributed by atoms with Crippen molar-refractivity contribution in [3.63, 3.8) is 0 Å². The van der Waals surface area contributed by atoms with Crippen molar-refractivity contribution in [2.24, 2.45) is 0 Å². The van der Waals surface area contributed by atoms with Crippen LogP contribution in [0, 0.1) is 12.3 Å². The molecule has 0 aliphatic carbocycles. The van der Waals surface area contributed by atoms with E-state index in [1.165, 1.54) is 18.5 Å². The van der Waals surface area contributed by atoms with Crippen molar-refractivity contribution < 1.29 is 22.4 Å². The van der Waals surface area contributed by atoms with Gasteiger partial charge >= 0.3 is 22.4 Å².